The summed E-state index contributed by atoms with van der Waals surface area (Å²) >= 11 is 0. The molecule has 0 N–H and O–H groups in total. The van der Waals surface area contributed by atoms with E-state index in [4.69, 9.17) is 0 Å². The first-order valence-corrected chi connectivity index (χ1v) is 5.93. The maximum atomic E-state index is 3.71. The molecule has 0 saturated carbocycles. The minimum absolute atomic E-state index is 1.05. The number of hydrogen-bond donors (Lipinski definition) is 0. The zero-order valence-corrected chi connectivity index (χ0v) is 10.2. The Morgan fingerprint density at radius 3 is 2.27 bits per heavy atom. The highest BCUT2D eigenvalue weighted by Crippen LogP contribution is 2.08. The van der Waals surface area contributed by atoms with E-state index in [2.05, 4.69) is 36.4 Å². The largest absolute Gasteiger partial charge is 0.374 e. The highest BCUT2D eigenvalue weighted by atomic mass is 15.1. The number of hydrogen-bond acceptors (Lipinski definition) is 2. The van der Waals surface area contributed by atoms with Crippen LogP contribution in [0.4, 0.5) is 0 Å². The SMILES string of the molecule is C=CN1CC=C(C)CC1.CN1CCCC1. The molecule has 0 unspecified atom stereocenters. The van der Waals surface area contributed by atoms with Gasteiger partial charge in [0.15, 0.2) is 0 Å². The van der Waals surface area contributed by atoms with Crippen LogP contribution in [0.15, 0.2) is 24.4 Å². The van der Waals surface area contributed by atoms with Gasteiger partial charge in [0, 0.05) is 13.1 Å². The second kappa shape index (κ2) is 6.67. The molecule has 0 radical (unpaired) electrons. The lowest BCUT2D eigenvalue weighted by Crippen LogP contribution is -2.22. The highest BCUT2D eigenvalue weighted by molar-refractivity contribution is 5.04. The Balaban J connectivity index is 0.000000162. The Morgan fingerprint density at radius 2 is 1.93 bits per heavy atom. The lowest BCUT2D eigenvalue weighted by molar-refractivity contribution is 0.403. The van der Waals surface area contributed by atoms with Gasteiger partial charge in [0.1, 0.15) is 0 Å². The minimum atomic E-state index is 1.05. The lowest BCUT2D eigenvalue weighted by atomic mass is 10.1. The maximum Gasteiger partial charge on any atom is 0.0356 e. The second-order valence-corrected chi connectivity index (χ2v) is 4.49. The van der Waals surface area contributed by atoms with E-state index in [-0.39, 0.29) is 0 Å². The molecule has 1 fully saturated rings. The predicted molar refractivity (Wildman–Crippen MR) is 66.9 cm³/mol. The molecule has 0 bridgehead atoms. The molecule has 86 valence electrons. The molecular weight excluding hydrogens is 184 g/mol. The van der Waals surface area contributed by atoms with Crippen molar-refractivity contribution in [2.45, 2.75) is 26.2 Å². The van der Waals surface area contributed by atoms with Crippen molar-refractivity contribution in [2.24, 2.45) is 0 Å². The van der Waals surface area contributed by atoms with Crippen LogP contribution < -0.4 is 0 Å². The summed E-state index contributed by atoms with van der Waals surface area (Å²) < 4.78 is 0. The van der Waals surface area contributed by atoms with Crippen molar-refractivity contribution in [3.63, 3.8) is 0 Å². The Morgan fingerprint density at radius 1 is 1.27 bits per heavy atom. The standard InChI is InChI=1S/C8H13N.C5H11N/c1-3-9-6-4-8(2)5-7-9;1-6-4-2-3-5-6/h3-4H,1,5-7H2,2H3;2-5H2,1H3. The Hall–Kier alpha value is -0.760. The van der Waals surface area contributed by atoms with Gasteiger partial charge >= 0.3 is 0 Å². The molecule has 0 aliphatic carbocycles. The molecule has 0 aromatic heterocycles. The summed E-state index contributed by atoms with van der Waals surface area (Å²) in [6.45, 7) is 10.7. The molecule has 0 spiro atoms. The molecule has 2 aliphatic rings. The minimum Gasteiger partial charge on any atom is -0.374 e. The zero-order chi connectivity index (χ0) is 11.1. The molecular formula is C13H24N2. The van der Waals surface area contributed by atoms with Crippen LogP contribution in [0, 0.1) is 0 Å². The van der Waals surface area contributed by atoms with Crippen molar-refractivity contribution < 1.29 is 0 Å². The van der Waals surface area contributed by atoms with Crippen LogP contribution in [0.3, 0.4) is 0 Å². The van der Waals surface area contributed by atoms with Gasteiger partial charge in [-0.25, -0.2) is 0 Å². The Labute approximate surface area is 94.3 Å². The number of rotatable bonds is 1. The smallest absolute Gasteiger partial charge is 0.0356 e. The third kappa shape index (κ3) is 5.03. The van der Waals surface area contributed by atoms with Crippen LogP contribution in [0.1, 0.15) is 26.2 Å². The zero-order valence-electron chi connectivity index (χ0n) is 10.2. The van der Waals surface area contributed by atoms with Crippen molar-refractivity contribution in [3.05, 3.63) is 24.4 Å². The first-order valence-electron chi connectivity index (χ1n) is 5.93. The van der Waals surface area contributed by atoms with Crippen molar-refractivity contribution in [2.75, 3.05) is 33.2 Å². The number of nitrogens with zero attached hydrogens (tertiary/aromatic N) is 2. The average molecular weight is 208 g/mol. The van der Waals surface area contributed by atoms with Gasteiger partial charge < -0.3 is 9.80 Å². The third-order valence-corrected chi connectivity index (χ3v) is 3.06. The molecule has 0 atom stereocenters. The fourth-order valence-electron chi connectivity index (χ4n) is 1.83. The summed E-state index contributed by atoms with van der Waals surface area (Å²) in [7, 11) is 2.17. The molecule has 1 saturated heterocycles. The average Bonchev–Trinajstić information content (AvgIpc) is 2.71. The summed E-state index contributed by atoms with van der Waals surface area (Å²) in [6.07, 6.45) is 8.19. The van der Waals surface area contributed by atoms with E-state index >= 15 is 0 Å². The van der Waals surface area contributed by atoms with E-state index in [1.807, 2.05) is 6.20 Å². The van der Waals surface area contributed by atoms with Gasteiger partial charge in [0.2, 0.25) is 0 Å². The fraction of sp³-hybridized carbons (Fsp3) is 0.692. The van der Waals surface area contributed by atoms with Gasteiger partial charge in [0.05, 0.1) is 0 Å². The number of likely N-dealkylation sites (tertiary alicyclic amines) is 1. The molecule has 2 nitrogen and oxygen atoms in total. The summed E-state index contributed by atoms with van der Waals surface area (Å²) in [5.74, 6) is 0. The van der Waals surface area contributed by atoms with E-state index in [0.717, 1.165) is 13.1 Å². The van der Waals surface area contributed by atoms with Crippen LogP contribution in [0.5, 0.6) is 0 Å². The van der Waals surface area contributed by atoms with Gasteiger partial charge in [-0.05, 0) is 52.5 Å². The first-order chi connectivity index (χ1) is 7.22. The van der Waals surface area contributed by atoms with E-state index in [0.29, 0.717) is 0 Å². The molecule has 2 heteroatoms. The highest BCUT2D eigenvalue weighted by Gasteiger charge is 2.03. The van der Waals surface area contributed by atoms with E-state index < -0.39 is 0 Å². The predicted octanol–water partition coefficient (Wildman–Crippen LogP) is 2.49. The summed E-state index contributed by atoms with van der Waals surface area (Å²) in [6, 6.07) is 0. The van der Waals surface area contributed by atoms with Crippen LogP contribution >= 0.6 is 0 Å². The van der Waals surface area contributed by atoms with E-state index in [9.17, 15) is 0 Å². The normalized spacial score (nSPS) is 21.7. The summed E-state index contributed by atoms with van der Waals surface area (Å²) in [4.78, 5) is 4.58. The molecule has 0 aromatic carbocycles. The molecule has 15 heavy (non-hydrogen) atoms. The van der Waals surface area contributed by atoms with Crippen LogP contribution in [0.25, 0.3) is 0 Å². The van der Waals surface area contributed by atoms with Crippen LogP contribution in [0.2, 0.25) is 0 Å². The lowest BCUT2D eigenvalue weighted by Gasteiger charge is -2.22. The maximum absolute atomic E-state index is 3.71. The van der Waals surface area contributed by atoms with Crippen molar-refractivity contribution in [1.29, 1.82) is 0 Å². The first kappa shape index (κ1) is 12.3. The Kier molecular flexibility index (Phi) is 5.48. The molecule has 2 heterocycles. The summed E-state index contributed by atoms with van der Waals surface area (Å²) in [5.41, 5.74) is 1.51. The quantitative estimate of drug-likeness (QED) is 0.611. The van der Waals surface area contributed by atoms with Gasteiger partial charge in [0.25, 0.3) is 0 Å². The topological polar surface area (TPSA) is 6.48 Å². The van der Waals surface area contributed by atoms with Crippen LogP contribution in [-0.4, -0.2) is 43.0 Å². The molecule has 0 amide bonds. The van der Waals surface area contributed by atoms with Gasteiger partial charge in [-0.2, -0.15) is 0 Å². The third-order valence-electron chi connectivity index (χ3n) is 3.06. The molecule has 2 rings (SSSR count). The summed E-state index contributed by atoms with van der Waals surface area (Å²) in [5, 5.41) is 0. The van der Waals surface area contributed by atoms with Crippen molar-refractivity contribution in [3.8, 4) is 0 Å². The van der Waals surface area contributed by atoms with Crippen molar-refractivity contribution in [1.82, 2.24) is 9.80 Å². The van der Waals surface area contributed by atoms with E-state index in [1.54, 1.807) is 0 Å². The van der Waals surface area contributed by atoms with Gasteiger partial charge in [-0.3, -0.25) is 0 Å². The monoisotopic (exact) mass is 208 g/mol. The molecule has 2 aliphatic heterocycles. The fourth-order valence-corrected chi connectivity index (χ4v) is 1.83. The Bertz CT molecular complexity index is 215. The van der Waals surface area contributed by atoms with Gasteiger partial charge in [-0.1, -0.05) is 18.2 Å². The van der Waals surface area contributed by atoms with E-state index in [1.165, 1.54) is 37.9 Å². The van der Waals surface area contributed by atoms with Crippen LogP contribution in [-0.2, 0) is 0 Å². The molecule has 0 aromatic rings. The van der Waals surface area contributed by atoms with Crippen molar-refractivity contribution >= 4 is 0 Å². The van der Waals surface area contributed by atoms with Gasteiger partial charge in [-0.15, -0.1) is 0 Å². The second-order valence-electron chi connectivity index (χ2n) is 4.49.